The molecule has 4 atom stereocenters. The summed E-state index contributed by atoms with van der Waals surface area (Å²) in [6, 6.07) is 19.2. The van der Waals surface area contributed by atoms with E-state index in [-0.39, 0.29) is 11.7 Å². The summed E-state index contributed by atoms with van der Waals surface area (Å²) < 4.78 is 11.0. The molecule has 2 bridgehead atoms. The fourth-order valence-corrected chi connectivity index (χ4v) is 5.06. The van der Waals surface area contributed by atoms with Crippen molar-refractivity contribution in [3.63, 3.8) is 0 Å². The predicted octanol–water partition coefficient (Wildman–Crippen LogP) is 5.64. The van der Waals surface area contributed by atoms with Crippen molar-refractivity contribution in [2.75, 3.05) is 5.75 Å². The van der Waals surface area contributed by atoms with Crippen LogP contribution in [-0.4, -0.2) is 29.2 Å². The van der Waals surface area contributed by atoms with Crippen molar-refractivity contribution in [1.82, 2.24) is 0 Å². The van der Waals surface area contributed by atoms with Crippen molar-refractivity contribution < 1.29 is 24.0 Å². The fraction of sp³-hybridized carbons (Fsp3) is 0.435. The van der Waals surface area contributed by atoms with Crippen LogP contribution < -0.4 is 4.74 Å². The lowest BCUT2D eigenvalue weighted by Crippen LogP contribution is -2.59. The number of para-hydroxylation sites is 1. The molecule has 0 unspecified atom stereocenters. The number of hydrogen-bond donors (Lipinski definition) is 0. The van der Waals surface area contributed by atoms with Crippen molar-refractivity contribution in [2.24, 2.45) is 5.92 Å². The van der Waals surface area contributed by atoms with Crippen LogP contribution in [0.3, 0.4) is 0 Å². The van der Waals surface area contributed by atoms with E-state index >= 15 is 0 Å². The Balaban J connectivity index is 1.35. The van der Waals surface area contributed by atoms with Gasteiger partial charge in [0.05, 0.1) is 0 Å². The van der Waals surface area contributed by atoms with Gasteiger partial charge in [-0.15, -0.1) is 11.8 Å². The minimum Gasteiger partial charge on any atom is -0.425 e. The molecule has 154 valence electrons. The molecule has 0 aromatic heterocycles. The predicted molar refractivity (Wildman–Crippen MR) is 111 cm³/mol. The van der Waals surface area contributed by atoms with Gasteiger partial charge in [-0.3, -0.25) is 0 Å². The number of fused-ring (bicyclic) bond motifs is 2. The number of hydrogen-bond acceptors (Lipinski definition) is 6. The van der Waals surface area contributed by atoms with Crippen LogP contribution in [0.25, 0.3) is 0 Å². The first-order valence-electron chi connectivity index (χ1n) is 9.95. The van der Waals surface area contributed by atoms with Crippen molar-refractivity contribution in [2.45, 2.75) is 55.3 Å². The van der Waals surface area contributed by atoms with E-state index in [1.807, 2.05) is 43.3 Å². The SMILES string of the molecule is C[C@]1(CSc2ccccc2)OO[C@@H]2C[C@H]1CC[C@@]2(C)OC(=O)Oc1ccccc1. The van der Waals surface area contributed by atoms with Gasteiger partial charge in [-0.1, -0.05) is 36.4 Å². The van der Waals surface area contributed by atoms with E-state index in [9.17, 15) is 4.79 Å². The highest BCUT2D eigenvalue weighted by atomic mass is 32.2. The molecular formula is C23H26O5S. The van der Waals surface area contributed by atoms with Crippen LogP contribution in [0.1, 0.15) is 33.1 Å². The van der Waals surface area contributed by atoms with Gasteiger partial charge in [0, 0.05) is 10.6 Å². The molecule has 2 aromatic rings. The molecule has 0 spiro atoms. The first-order valence-corrected chi connectivity index (χ1v) is 10.9. The average molecular weight is 415 g/mol. The van der Waals surface area contributed by atoms with E-state index in [2.05, 4.69) is 19.1 Å². The van der Waals surface area contributed by atoms with Crippen LogP contribution in [0.4, 0.5) is 4.79 Å². The molecule has 29 heavy (non-hydrogen) atoms. The first kappa shape index (κ1) is 20.3. The maximum Gasteiger partial charge on any atom is 0.514 e. The van der Waals surface area contributed by atoms with Crippen LogP contribution in [0.5, 0.6) is 5.75 Å². The molecule has 1 aliphatic carbocycles. The summed E-state index contributed by atoms with van der Waals surface area (Å²) in [7, 11) is 0. The number of benzene rings is 2. The smallest absolute Gasteiger partial charge is 0.425 e. The second-order valence-electron chi connectivity index (χ2n) is 8.13. The highest BCUT2D eigenvalue weighted by Gasteiger charge is 2.54. The van der Waals surface area contributed by atoms with E-state index in [1.165, 1.54) is 4.90 Å². The molecule has 1 aliphatic heterocycles. The number of thioether (sulfide) groups is 1. The van der Waals surface area contributed by atoms with Gasteiger partial charge in [0.2, 0.25) is 0 Å². The van der Waals surface area contributed by atoms with Gasteiger partial charge in [-0.25, -0.2) is 14.6 Å². The lowest BCUT2D eigenvalue weighted by molar-refractivity contribution is -0.440. The van der Waals surface area contributed by atoms with E-state index in [4.69, 9.17) is 19.2 Å². The lowest BCUT2D eigenvalue weighted by atomic mass is 9.71. The van der Waals surface area contributed by atoms with Gasteiger partial charge in [0.1, 0.15) is 23.1 Å². The number of carbonyl (C=O) groups excluding carboxylic acids is 1. The number of carbonyl (C=O) groups is 1. The zero-order chi connectivity index (χ0) is 20.3. The number of rotatable bonds is 5. The molecule has 0 amide bonds. The van der Waals surface area contributed by atoms with Crippen LogP contribution in [0.2, 0.25) is 0 Å². The number of ether oxygens (including phenoxy) is 2. The lowest BCUT2D eigenvalue weighted by Gasteiger charge is -2.51. The maximum absolute atomic E-state index is 12.3. The standard InChI is InChI=1S/C23H26O5S/c1-22(26-21(24)25-18-9-5-3-6-10-18)14-13-17-15-20(22)27-28-23(17,2)16-29-19-11-7-4-8-12-19/h3-12,17,20H,13-16H2,1-2H3/t17-,20-,22-,23-/m1/s1. The largest absolute Gasteiger partial charge is 0.514 e. The molecule has 1 heterocycles. The van der Waals surface area contributed by atoms with Crippen LogP contribution in [0, 0.1) is 5.92 Å². The van der Waals surface area contributed by atoms with Crippen molar-refractivity contribution in [1.29, 1.82) is 0 Å². The Kier molecular flexibility index (Phi) is 5.86. The third-order valence-corrected chi connectivity index (χ3v) is 7.24. The molecule has 0 radical (unpaired) electrons. The van der Waals surface area contributed by atoms with Gasteiger partial charge in [-0.2, -0.15) is 0 Å². The molecule has 2 aliphatic rings. The summed E-state index contributed by atoms with van der Waals surface area (Å²) in [4.78, 5) is 25.2. The Morgan fingerprint density at radius 1 is 1.10 bits per heavy atom. The molecule has 5 nitrogen and oxygen atoms in total. The molecule has 4 rings (SSSR count). The average Bonchev–Trinajstić information content (AvgIpc) is 2.73. The molecule has 0 N–H and O–H groups in total. The van der Waals surface area contributed by atoms with Crippen molar-refractivity contribution >= 4 is 17.9 Å². The normalized spacial score (nSPS) is 31.1. The van der Waals surface area contributed by atoms with Gasteiger partial charge in [-0.05, 0) is 63.3 Å². The van der Waals surface area contributed by atoms with E-state index in [1.54, 1.807) is 23.9 Å². The van der Waals surface area contributed by atoms with Crippen LogP contribution >= 0.6 is 11.8 Å². The van der Waals surface area contributed by atoms with Gasteiger partial charge in [0.15, 0.2) is 0 Å². The zero-order valence-corrected chi connectivity index (χ0v) is 17.5. The maximum atomic E-state index is 12.3. The molecule has 6 heteroatoms. The Bertz CT molecular complexity index is 830. The van der Waals surface area contributed by atoms with Gasteiger partial charge in [0.25, 0.3) is 0 Å². The van der Waals surface area contributed by atoms with E-state index in [0.29, 0.717) is 18.1 Å². The summed E-state index contributed by atoms with van der Waals surface area (Å²) in [5, 5.41) is 0. The van der Waals surface area contributed by atoms with Crippen LogP contribution in [-0.2, 0) is 14.5 Å². The molecular weight excluding hydrogens is 388 g/mol. The monoisotopic (exact) mass is 414 g/mol. The molecule has 1 saturated carbocycles. The summed E-state index contributed by atoms with van der Waals surface area (Å²) >= 11 is 1.77. The molecule has 2 aromatic carbocycles. The Labute approximate surface area is 175 Å². The van der Waals surface area contributed by atoms with Crippen molar-refractivity contribution in [3.8, 4) is 5.75 Å². The zero-order valence-electron chi connectivity index (χ0n) is 16.7. The fourth-order valence-electron chi connectivity index (χ4n) is 3.98. The van der Waals surface area contributed by atoms with Crippen LogP contribution in [0.15, 0.2) is 65.6 Å². The van der Waals surface area contributed by atoms with Gasteiger partial charge < -0.3 is 9.47 Å². The minimum atomic E-state index is -0.768. The first-order chi connectivity index (χ1) is 14.0. The van der Waals surface area contributed by atoms with Gasteiger partial charge >= 0.3 is 6.16 Å². The van der Waals surface area contributed by atoms with E-state index in [0.717, 1.165) is 18.6 Å². The van der Waals surface area contributed by atoms with E-state index < -0.39 is 11.8 Å². The minimum absolute atomic E-state index is 0.306. The quantitative estimate of drug-likeness (QED) is 0.273. The highest BCUT2D eigenvalue weighted by Crippen LogP contribution is 2.48. The summed E-state index contributed by atoms with van der Waals surface area (Å²) in [6.07, 6.45) is 1.39. The molecule has 1 saturated heterocycles. The Hall–Kier alpha value is -2.02. The Morgan fingerprint density at radius 3 is 2.52 bits per heavy atom. The summed E-state index contributed by atoms with van der Waals surface area (Å²) in [6.45, 7) is 4.00. The highest BCUT2D eigenvalue weighted by molar-refractivity contribution is 7.99. The second-order valence-corrected chi connectivity index (χ2v) is 9.18. The summed E-state index contributed by atoms with van der Waals surface area (Å²) in [5.74, 6) is 1.61. The third-order valence-electron chi connectivity index (χ3n) is 5.92. The third kappa shape index (κ3) is 4.60. The topological polar surface area (TPSA) is 54.0 Å². The van der Waals surface area contributed by atoms with Crippen molar-refractivity contribution in [3.05, 3.63) is 60.7 Å². The Morgan fingerprint density at radius 2 is 1.79 bits per heavy atom. The molecule has 2 fully saturated rings. The summed E-state index contributed by atoms with van der Waals surface area (Å²) in [5.41, 5.74) is -1.14. The second kappa shape index (κ2) is 8.38.